The molecule has 5 nitrogen and oxygen atoms in total. The summed E-state index contributed by atoms with van der Waals surface area (Å²) in [6, 6.07) is 12.8. The van der Waals surface area contributed by atoms with Crippen LogP contribution in [0.25, 0.3) is 0 Å². The van der Waals surface area contributed by atoms with Gasteiger partial charge in [0.15, 0.2) is 6.61 Å². The molecule has 0 bridgehead atoms. The summed E-state index contributed by atoms with van der Waals surface area (Å²) in [5.41, 5.74) is 7.24. The molecule has 0 aliphatic rings. The van der Waals surface area contributed by atoms with Gasteiger partial charge >= 0.3 is 0 Å². The maximum absolute atomic E-state index is 12.0. The molecule has 2 aromatic carbocycles. The third-order valence-electron chi connectivity index (χ3n) is 3.65. The fourth-order valence-electron chi connectivity index (χ4n) is 2.20. The van der Waals surface area contributed by atoms with Crippen LogP contribution in [0.1, 0.15) is 41.3 Å². The number of rotatable bonds is 5. The van der Waals surface area contributed by atoms with Crippen molar-refractivity contribution >= 4 is 27.7 Å². The van der Waals surface area contributed by atoms with Crippen LogP contribution in [0.2, 0.25) is 0 Å². The maximum atomic E-state index is 12.0. The van der Waals surface area contributed by atoms with E-state index in [9.17, 15) is 9.59 Å². The number of hydrogen-bond donors (Lipinski definition) is 2. The summed E-state index contributed by atoms with van der Waals surface area (Å²) in [6.45, 7) is 5.87. The number of para-hydroxylation sites is 1. The quantitative estimate of drug-likeness (QED) is 0.746. The molecule has 0 aliphatic heterocycles. The molecule has 0 aromatic heterocycles. The van der Waals surface area contributed by atoms with Crippen molar-refractivity contribution in [3.63, 3.8) is 0 Å². The van der Waals surface area contributed by atoms with Gasteiger partial charge in [0, 0.05) is 10.0 Å². The van der Waals surface area contributed by atoms with E-state index in [4.69, 9.17) is 4.74 Å². The second-order valence-corrected chi connectivity index (χ2v) is 6.80. The fourth-order valence-corrected chi connectivity index (χ4v) is 2.58. The predicted molar refractivity (Wildman–Crippen MR) is 101 cm³/mol. The number of ether oxygens (including phenoxy) is 1. The number of amides is 2. The molecule has 0 saturated heterocycles. The van der Waals surface area contributed by atoms with Gasteiger partial charge in [-0.2, -0.15) is 0 Å². The van der Waals surface area contributed by atoms with Gasteiger partial charge in [0.05, 0.1) is 0 Å². The molecular formula is C19H21BrN2O3. The van der Waals surface area contributed by atoms with Crippen LogP contribution in [-0.2, 0) is 4.79 Å². The molecule has 132 valence electrons. The second-order valence-electron chi connectivity index (χ2n) is 5.95. The molecule has 6 heteroatoms. The molecule has 2 amide bonds. The largest absolute Gasteiger partial charge is 0.483 e. The molecule has 0 fully saturated rings. The van der Waals surface area contributed by atoms with Crippen molar-refractivity contribution in [2.45, 2.75) is 26.7 Å². The number of hydrazine groups is 1. The first-order valence-corrected chi connectivity index (χ1v) is 8.75. The zero-order valence-electron chi connectivity index (χ0n) is 14.4. The van der Waals surface area contributed by atoms with E-state index in [2.05, 4.69) is 40.6 Å². The van der Waals surface area contributed by atoms with Gasteiger partial charge < -0.3 is 4.74 Å². The molecule has 0 unspecified atom stereocenters. The minimum Gasteiger partial charge on any atom is -0.483 e. The molecule has 0 heterocycles. The van der Waals surface area contributed by atoms with Crippen LogP contribution >= 0.6 is 15.9 Å². The van der Waals surface area contributed by atoms with E-state index in [1.165, 1.54) is 0 Å². The fraction of sp³-hybridized carbons (Fsp3) is 0.263. The van der Waals surface area contributed by atoms with E-state index in [1.54, 1.807) is 12.1 Å². The lowest BCUT2D eigenvalue weighted by Crippen LogP contribution is -2.43. The third kappa shape index (κ3) is 5.32. The molecule has 0 atom stereocenters. The Morgan fingerprint density at radius 2 is 1.84 bits per heavy atom. The van der Waals surface area contributed by atoms with Gasteiger partial charge in [0.25, 0.3) is 11.8 Å². The second kappa shape index (κ2) is 8.67. The molecule has 2 rings (SSSR count). The maximum Gasteiger partial charge on any atom is 0.276 e. The Bertz CT molecular complexity index is 775. The van der Waals surface area contributed by atoms with Crippen molar-refractivity contribution in [2.75, 3.05) is 6.61 Å². The van der Waals surface area contributed by atoms with Crippen LogP contribution in [0.4, 0.5) is 0 Å². The number of benzene rings is 2. The summed E-state index contributed by atoms with van der Waals surface area (Å²) in [7, 11) is 0. The zero-order valence-corrected chi connectivity index (χ0v) is 16.0. The number of carbonyl (C=O) groups excluding carboxylic acids is 2. The Balaban J connectivity index is 1.87. The summed E-state index contributed by atoms with van der Waals surface area (Å²) in [5.74, 6) is 0.134. The van der Waals surface area contributed by atoms with Crippen LogP contribution in [0, 0.1) is 6.92 Å². The zero-order chi connectivity index (χ0) is 18.4. The highest BCUT2D eigenvalue weighted by atomic mass is 79.9. The summed E-state index contributed by atoms with van der Waals surface area (Å²) in [4.78, 5) is 23.9. The monoisotopic (exact) mass is 404 g/mol. The highest BCUT2D eigenvalue weighted by Crippen LogP contribution is 2.25. The average Bonchev–Trinajstić information content (AvgIpc) is 2.60. The molecule has 0 radical (unpaired) electrons. The topological polar surface area (TPSA) is 67.4 Å². The first-order chi connectivity index (χ1) is 11.9. The Morgan fingerprint density at radius 3 is 2.52 bits per heavy atom. The van der Waals surface area contributed by atoms with Crippen LogP contribution < -0.4 is 15.6 Å². The van der Waals surface area contributed by atoms with Crippen molar-refractivity contribution < 1.29 is 14.3 Å². The average molecular weight is 405 g/mol. The Labute approximate surface area is 155 Å². The SMILES string of the molecule is Cc1ccc(C(=O)NNC(=O)COc2ccccc2C(C)C)cc1Br. The van der Waals surface area contributed by atoms with Gasteiger partial charge in [-0.15, -0.1) is 0 Å². The van der Waals surface area contributed by atoms with Gasteiger partial charge in [0.2, 0.25) is 0 Å². The van der Waals surface area contributed by atoms with Crippen molar-refractivity contribution in [1.29, 1.82) is 0 Å². The van der Waals surface area contributed by atoms with Crippen LogP contribution in [-0.4, -0.2) is 18.4 Å². The van der Waals surface area contributed by atoms with Crippen molar-refractivity contribution in [3.8, 4) is 5.75 Å². The lowest BCUT2D eigenvalue weighted by molar-refractivity contribution is -0.123. The van der Waals surface area contributed by atoms with Crippen molar-refractivity contribution in [1.82, 2.24) is 10.9 Å². The lowest BCUT2D eigenvalue weighted by atomic mass is 10.0. The van der Waals surface area contributed by atoms with Gasteiger partial charge in [-0.25, -0.2) is 0 Å². The van der Waals surface area contributed by atoms with Crippen LogP contribution in [0.15, 0.2) is 46.9 Å². The van der Waals surface area contributed by atoms with Crippen LogP contribution in [0.3, 0.4) is 0 Å². The van der Waals surface area contributed by atoms with E-state index in [-0.39, 0.29) is 6.61 Å². The summed E-state index contributed by atoms with van der Waals surface area (Å²) < 4.78 is 6.40. The Hall–Kier alpha value is -2.34. The summed E-state index contributed by atoms with van der Waals surface area (Å²) in [6.07, 6.45) is 0. The number of carbonyl (C=O) groups is 2. The van der Waals surface area contributed by atoms with Gasteiger partial charge in [-0.3, -0.25) is 20.4 Å². The van der Waals surface area contributed by atoms with E-state index in [1.807, 2.05) is 37.3 Å². The van der Waals surface area contributed by atoms with Gasteiger partial charge in [0.1, 0.15) is 5.75 Å². The molecular weight excluding hydrogens is 384 g/mol. The van der Waals surface area contributed by atoms with Crippen molar-refractivity contribution in [2.24, 2.45) is 0 Å². The Kier molecular flexibility index (Phi) is 6.58. The molecule has 2 aromatic rings. The first-order valence-electron chi connectivity index (χ1n) is 7.95. The standard InChI is InChI=1S/C19H21BrN2O3/c1-12(2)15-6-4-5-7-17(15)25-11-18(23)21-22-19(24)14-9-8-13(3)16(20)10-14/h4-10,12H,11H2,1-3H3,(H,21,23)(H,22,24). The minimum absolute atomic E-state index is 0.179. The highest BCUT2D eigenvalue weighted by molar-refractivity contribution is 9.10. The van der Waals surface area contributed by atoms with E-state index in [0.29, 0.717) is 17.2 Å². The number of aryl methyl sites for hydroxylation is 1. The molecule has 0 spiro atoms. The molecule has 0 saturated carbocycles. The van der Waals surface area contributed by atoms with Crippen LogP contribution in [0.5, 0.6) is 5.75 Å². The summed E-state index contributed by atoms with van der Waals surface area (Å²) >= 11 is 3.38. The van der Waals surface area contributed by atoms with E-state index < -0.39 is 11.8 Å². The first kappa shape index (κ1) is 19.0. The minimum atomic E-state index is -0.432. The number of hydrogen-bond acceptors (Lipinski definition) is 3. The predicted octanol–water partition coefficient (Wildman–Crippen LogP) is 3.72. The normalized spacial score (nSPS) is 10.4. The number of halogens is 1. The summed E-state index contributed by atoms with van der Waals surface area (Å²) in [5, 5.41) is 0. The van der Waals surface area contributed by atoms with Gasteiger partial charge in [-0.05, 0) is 42.2 Å². The Morgan fingerprint density at radius 1 is 1.12 bits per heavy atom. The van der Waals surface area contributed by atoms with Gasteiger partial charge in [-0.1, -0.05) is 54.0 Å². The van der Waals surface area contributed by atoms with E-state index in [0.717, 1.165) is 15.6 Å². The van der Waals surface area contributed by atoms with Crippen molar-refractivity contribution in [3.05, 3.63) is 63.6 Å². The number of nitrogens with one attached hydrogen (secondary N) is 2. The highest BCUT2D eigenvalue weighted by Gasteiger charge is 2.11. The molecule has 25 heavy (non-hydrogen) atoms. The third-order valence-corrected chi connectivity index (χ3v) is 4.50. The smallest absolute Gasteiger partial charge is 0.276 e. The molecule has 2 N–H and O–H groups in total. The van der Waals surface area contributed by atoms with E-state index >= 15 is 0 Å². The molecule has 0 aliphatic carbocycles. The lowest BCUT2D eigenvalue weighted by Gasteiger charge is -2.14.